The highest BCUT2D eigenvalue weighted by atomic mass is 16.8. The molecule has 4 aliphatic heterocycles. The van der Waals surface area contributed by atoms with Gasteiger partial charge in [0.05, 0.1) is 26.4 Å². The Hall–Kier alpha value is -0.840. The number of rotatable bonds is 10. The molecule has 14 N–H and O–H groups in total. The molecule has 0 aromatic carbocycles. The van der Waals surface area contributed by atoms with Gasteiger partial charge in [-0.25, -0.2) is 0 Å². The second kappa shape index (κ2) is 15.6. The van der Waals surface area contributed by atoms with E-state index in [0.29, 0.717) is 0 Å². The maximum absolute atomic E-state index is 10.9. The monoisotopic (exact) mass is 666 g/mol. The molecule has 45 heavy (non-hydrogen) atoms. The van der Waals surface area contributed by atoms with Crippen LogP contribution in [0.4, 0.5) is 0 Å². The molecule has 4 aliphatic rings. The van der Waals surface area contributed by atoms with Crippen molar-refractivity contribution in [2.45, 2.75) is 123 Å². The van der Waals surface area contributed by atoms with E-state index in [1.807, 2.05) is 0 Å². The van der Waals surface area contributed by atoms with E-state index in [0.717, 1.165) is 0 Å². The van der Waals surface area contributed by atoms with E-state index >= 15 is 0 Å². The topological polar surface area (TPSA) is 348 Å². The Morgan fingerprint density at radius 3 is 1.36 bits per heavy atom. The average molecular weight is 667 g/mol. The fourth-order valence-electron chi connectivity index (χ4n) is 5.42. The molecular weight excluding hydrogens is 624 g/mol. The first-order valence-corrected chi connectivity index (χ1v) is 14.1. The van der Waals surface area contributed by atoms with Crippen molar-refractivity contribution in [1.29, 1.82) is 0 Å². The second-order valence-electron chi connectivity index (χ2n) is 11.2. The van der Waals surface area contributed by atoms with Crippen molar-refractivity contribution in [3.63, 3.8) is 0 Å². The summed E-state index contributed by atoms with van der Waals surface area (Å²) in [7, 11) is 0. The predicted octanol–water partition coefficient (Wildman–Crippen LogP) is -9.75. The molecular formula is C24H42O21. The molecule has 4 heterocycles. The molecule has 0 aromatic heterocycles. The van der Waals surface area contributed by atoms with Gasteiger partial charge in [0.15, 0.2) is 25.2 Å². The van der Waals surface area contributed by atoms with E-state index in [4.69, 9.17) is 33.2 Å². The minimum atomic E-state index is -1.97. The highest BCUT2D eigenvalue weighted by Crippen LogP contribution is 2.32. The average Bonchev–Trinajstić information content (AvgIpc) is 3.02. The molecule has 0 spiro atoms. The first kappa shape index (κ1) is 37.0. The minimum Gasteiger partial charge on any atom is -0.394 e. The van der Waals surface area contributed by atoms with Crippen LogP contribution in [0.5, 0.6) is 0 Å². The fraction of sp³-hybridized carbons (Fsp3) is 1.00. The molecule has 0 aromatic rings. The van der Waals surface area contributed by atoms with E-state index in [-0.39, 0.29) is 0 Å². The van der Waals surface area contributed by atoms with Crippen molar-refractivity contribution in [1.82, 2.24) is 0 Å². The van der Waals surface area contributed by atoms with E-state index in [2.05, 4.69) is 0 Å². The van der Waals surface area contributed by atoms with Crippen LogP contribution < -0.4 is 0 Å². The lowest BCUT2D eigenvalue weighted by molar-refractivity contribution is -0.374. The summed E-state index contributed by atoms with van der Waals surface area (Å²) in [6.45, 7) is -3.14. The van der Waals surface area contributed by atoms with Crippen molar-refractivity contribution in [2.75, 3.05) is 26.4 Å². The third-order valence-corrected chi connectivity index (χ3v) is 8.19. The zero-order chi connectivity index (χ0) is 33.3. The Labute approximate surface area is 254 Å². The maximum Gasteiger partial charge on any atom is 0.187 e. The summed E-state index contributed by atoms with van der Waals surface area (Å²) in [6, 6.07) is 0. The molecule has 264 valence electrons. The summed E-state index contributed by atoms with van der Waals surface area (Å²) in [5, 5.41) is 142. The summed E-state index contributed by atoms with van der Waals surface area (Å²) < 4.78 is 37.4. The van der Waals surface area contributed by atoms with Crippen LogP contribution in [0, 0.1) is 0 Å². The predicted molar refractivity (Wildman–Crippen MR) is 134 cm³/mol. The van der Waals surface area contributed by atoms with Crippen molar-refractivity contribution in [3.8, 4) is 0 Å². The number of aliphatic hydroxyl groups is 14. The second-order valence-corrected chi connectivity index (χ2v) is 11.2. The van der Waals surface area contributed by atoms with Gasteiger partial charge in [-0.05, 0) is 0 Å². The highest BCUT2D eigenvalue weighted by Gasteiger charge is 2.53. The molecule has 21 nitrogen and oxygen atoms in total. The van der Waals surface area contributed by atoms with Crippen LogP contribution in [0.15, 0.2) is 0 Å². The van der Waals surface area contributed by atoms with Gasteiger partial charge >= 0.3 is 0 Å². The number of hydrogen-bond acceptors (Lipinski definition) is 21. The Kier molecular flexibility index (Phi) is 12.8. The molecule has 0 radical (unpaired) electrons. The molecule has 0 saturated carbocycles. The van der Waals surface area contributed by atoms with Gasteiger partial charge < -0.3 is 105 Å². The lowest BCUT2D eigenvalue weighted by atomic mass is 9.96. The Morgan fingerprint density at radius 1 is 0.378 bits per heavy atom. The standard InChI is InChI=1S/C24H42O21/c25-1-5-10(29)15(34)20(21(38)40-5)45-24-17(36)14(33)11(30)8(43-24)4-39-22-18(37)19(12(31)7(3-27)41-22)44-23-16(35)13(32)9(28)6(2-26)42-23/h5-38H,1-4H2/t5-,6-,7-,8-,9-,10-,11-,12-,13+,14+,15+,16-,17-,18-,19+,20-,21?,22+,23-,24-/m1/s1. The van der Waals surface area contributed by atoms with Gasteiger partial charge in [0.25, 0.3) is 0 Å². The lowest BCUT2D eigenvalue weighted by Gasteiger charge is -2.47. The Bertz CT molecular complexity index is 916. The summed E-state index contributed by atoms with van der Waals surface area (Å²) in [4.78, 5) is 0. The van der Waals surface area contributed by atoms with Crippen LogP contribution in [-0.2, 0) is 33.2 Å². The van der Waals surface area contributed by atoms with Crippen molar-refractivity contribution in [3.05, 3.63) is 0 Å². The SMILES string of the molecule is OC[C@H]1O[C@H](O[C@@H]2[C@@H](O)[C@@H](OC[C@H]3O[C@H](O[C@H]4C(O)O[C@H](CO)[C@@H](O)[C@@H]4O)[C@H](O)[C@@H](O)[C@@H]3O)O[C@H](CO)[C@H]2O)[C@H](O)[C@@H](O)[C@@H]1O. The van der Waals surface area contributed by atoms with Gasteiger partial charge in [0.1, 0.15) is 97.7 Å². The van der Waals surface area contributed by atoms with E-state index < -0.39 is 149 Å². The molecule has 4 saturated heterocycles. The Balaban J connectivity index is 1.42. The number of aliphatic hydroxyl groups excluding tert-OH is 14. The summed E-state index contributed by atoms with van der Waals surface area (Å²) in [5.74, 6) is 0. The van der Waals surface area contributed by atoms with Crippen LogP contribution >= 0.6 is 0 Å². The normalized spacial score (nSPS) is 52.9. The summed E-state index contributed by atoms with van der Waals surface area (Å²) in [5.41, 5.74) is 0. The van der Waals surface area contributed by atoms with Crippen LogP contribution in [0.3, 0.4) is 0 Å². The molecule has 0 amide bonds. The molecule has 20 atom stereocenters. The van der Waals surface area contributed by atoms with Gasteiger partial charge in [-0.1, -0.05) is 0 Å². The van der Waals surface area contributed by atoms with E-state index in [1.54, 1.807) is 0 Å². The molecule has 0 bridgehead atoms. The molecule has 4 fully saturated rings. The van der Waals surface area contributed by atoms with Crippen LogP contribution in [0.2, 0.25) is 0 Å². The highest BCUT2D eigenvalue weighted by molar-refractivity contribution is 4.96. The van der Waals surface area contributed by atoms with Crippen LogP contribution in [0.25, 0.3) is 0 Å². The molecule has 0 aliphatic carbocycles. The van der Waals surface area contributed by atoms with Crippen molar-refractivity contribution in [2.24, 2.45) is 0 Å². The van der Waals surface area contributed by atoms with E-state index in [9.17, 15) is 71.5 Å². The van der Waals surface area contributed by atoms with Gasteiger partial charge in [-0.3, -0.25) is 0 Å². The quantitative estimate of drug-likeness (QED) is 0.103. The smallest absolute Gasteiger partial charge is 0.187 e. The molecule has 1 unspecified atom stereocenters. The number of hydrogen-bond donors (Lipinski definition) is 14. The zero-order valence-corrected chi connectivity index (χ0v) is 23.5. The number of ether oxygens (including phenoxy) is 7. The Morgan fingerprint density at radius 2 is 0.800 bits per heavy atom. The van der Waals surface area contributed by atoms with Gasteiger partial charge in [-0.15, -0.1) is 0 Å². The van der Waals surface area contributed by atoms with Crippen LogP contribution in [-0.4, -0.2) is 221 Å². The third kappa shape index (κ3) is 7.59. The largest absolute Gasteiger partial charge is 0.394 e. The van der Waals surface area contributed by atoms with Crippen LogP contribution in [0.1, 0.15) is 0 Å². The third-order valence-electron chi connectivity index (χ3n) is 8.19. The van der Waals surface area contributed by atoms with Gasteiger partial charge in [0, 0.05) is 0 Å². The summed E-state index contributed by atoms with van der Waals surface area (Å²) >= 11 is 0. The molecule has 21 heteroatoms. The van der Waals surface area contributed by atoms with Crippen molar-refractivity contribution < 1.29 is 105 Å². The summed E-state index contributed by atoms with van der Waals surface area (Å²) in [6.07, 6.45) is -35.2. The molecule has 4 rings (SSSR count). The van der Waals surface area contributed by atoms with Gasteiger partial charge in [-0.2, -0.15) is 0 Å². The first-order chi connectivity index (χ1) is 21.2. The zero-order valence-electron chi connectivity index (χ0n) is 23.5. The first-order valence-electron chi connectivity index (χ1n) is 14.1. The minimum absolute atomic E-state index is 0.741. The van der Waals surface area contributed by atoms with E-state index in [1.165, 1.54) is 0 Å². The van der Waals surface area contributed by atoms with Gasteiger partial charge in [0.2, 0.25) is 0 Å². The maximum atomic E-state index is 10.9. The lowest BCUT2D eigenvalue weighted by Crippen LogP contribution is -2.65. The van der Waals surface area contributed by atoms with Crippen molar-refractivity contribution >= 4 is 0 Å². The fourth-order valence-corrected chi connectivity index (χ4v) is 5.42.